The number of piperidine rings is 1. The molecular weight excluding hydrogens is 439 g/mol. The molecule has 3 heterocycles. The Labute approximate surface area is 197 Å². The Bertz CT molecular complexity index is 1150. The van der Waals surface area contributed by atoms with Gasteiger partial charge in [-0.15, -0.1) is 0 Å². The van der Waals surface area contributed by atoms with Gasteiger partial charge in [0.1, 0.15) is 5.82 Å². The van der Waals surface area contributed by atoms with Gasteiger partial charge in [0.25, 0.3) is 0 Å². The Morgan fingerprint density at radius 2 is 1.94 bits per heavy atom. The van der Waals surface area contributed by atoms with Crippen molar-refractivity contribution in [3.63, 3.8) is 0 Å². The second-order valence-corrected chi connectivity index (χ2v) is 9.93. The van der Waals surface area contributed by atoms with E-state index in [0.717, 1.165) is 41.6 Å². The molecule has 2 aromatic carbocycles. The molecule has 0 spiro atoms. The lowest BCUT2D eigenvalue weighted by molar-refractivity contribution is 0.101. The highest BCUT2D eigenvalue weighted by molar-refractivity contribution is 7.13. The number of carbonyl (C=O) groups excluding carboxylic acids is 1. The van der Waals surface area contributed by atoms with Crippen LogP contribution in [0.2, 0.25) is 0 Å². The zero-order valence-corrected chi connectivity index (χ0v) is 19.9. The lowest BCUT2D eigenvalue weighted by atomic mass is 9.86. The third kappa shape index (κ3) is 4.49. The fourth-order valence-electron chi connectivity index (χ4n) is 5.52. The molecule has 5 nitrogen and oxygen atoms in total. The van der Waals surface area contributed by atoms with E-state index in [-0.39, 0.29) is 11.6 Å². The van der Waals surface area contributed by atoms with E-state index in [1.54, 1.807) is 38.3 Å². The number of hydrogen-bond donors (Lipinski definition) is 0. The molecule has 0 amide bonds. The van der Waals surface area contributed by atoms with Crippen molar-refractivity contribution < 1.29 is 18.7 Å². The minimum atomic E-state index is -0.192. The standard InChI is InChI=1S/C26H29FN2O3S/c1-16(30)17-4-9-23(24(14-17)31-2)32-11-3-10-29-20-6-7-21(29)13-18(12-20)26-22-8-5-19(27)15-25(22)33-28-26/h4-5,8-9,14-15,18,20-21H,3,6-7,10-13H2,1-2H3. The van der Waals surface area contributed by atoms with Crippen molar-refractivity contribution in [1.29, 1.82) is 0 Å². The quantitative estimate of drug-likeness (QED) is 0.308. The number of hydrogen-bond acceptors (Lipinski definition) is 6. The molecule has 2 atom stereocenters. The summed E-state index contributed by atoms with van der Waals surface area (Å²) in [6.07, 6.45) is 5.65. The van der Waals surface area contributed by atoms with Crippen LogP contribution in [0.4, 0.5) is 4.39 Å². The predicted octanol–water partition coefficient (Wildman–Crippen LogP) is 5.83. The fraction of sp³-hybridized carbons (Fsp3) is 0.462. The molecule has 2 fully saturated rings. The van der Waals surface area contributed by atoms with Gasteiger partial charge in [0.2, 0.25) is 0 Å². The first-order valence-electron chi connectivity index (χ1n) is 11.7. The van der Waals surface area contributed by atoms with Crippen molar-refractivity contribution in [2.24, 2.45) is 0 Å². The molecule has 0 saturated carbocycles. The summed E-state index contributed by atoms with van der Waals surface area (Å²) in [5, 5.41) is 1.12. The molecule has 2 unspecified atom stereocenters. The SMILES string of the molecule is COc1cc(C(C)=O)ccc1OCCCN1C2CCC1CC(c1nsc3cc(F)ccc13)C2. The molecule has 0 radical (unpaired) electrons. The summed E-state index contributed by atoms with van der Waals surface area (Å²) in [7, 11) is 1.59. The third-order valence-electron chi connectivity index (χ3n) is 7.12. The average molecular weight is 469 g/mol. The van der Waals surface area contributed by atoms with Crippen LogP contribution < -0.4 is 9.47 Å². The van der Waals surface area contributed by atoms with Crippen LogP contribution in [0, 0.1) is 5.82 Å². The van der Waals surface area contributed by atoms with Crippen molar-refractivity contribution in [1.82, 2.24) is 9.27 Å². The highest BCUT2D eigenvalue weighted by atomic mass is 32.1. The summed E-state index contributed by atoms with van der Waals surface area (Å²) in [5.74, 6) is 1.55. The molecule has 2 bridgehead atoms. The van der Waals surface area contributed by atoms with Gasteiger partial charge in [-0.3, -0.25) is 9.69 Å². The molecule has 1 aromatic heterocycles. The van der Waals surface area contributed by atoms with E-state index in [9.17, 15) is 9.18 Å². The first kappa shape index (κ1) is 22.3. The van der Waals surface area contributed by atoms with E-state index in [4.69, 9.17) is 13.8 Å². The van der Waals surface area contributed by atoms with Crippen LogP contribution in [0.3, 0.4) is 0 Å². The van der Waals surface area contributed by atoms with Crippen LogP contribution in [-0.4, -0.2) is 47.4 Å². The molecule has 3 aromatic rings. The van der Waals surface area contributed by atoms with Crippen molar-refractivity contribution >= 4 is 27.4 Å². The Hall–Kier alpha value is -2.51. The molecule has 2 aliphatic rings. The summed E-state index contributed by atoms with van der Waals surface area (Å²) in [6.45, 7) is 3.17. The number of rotatable bonds is 8. The maximum absolute atomic E-state index is 13.6. The number of Topliss-reactive ketones (excluding diaryl/α,β-unsaturated/α-hetero) is 1. The van der Waals surface area contributed by atoms with Crippen LogP contribution in [0.5, 0.6) is 11.5 Å². The van der Waals surface area contributed by atoms with Crippen LogP contribution in [0.25, 0.3) is 10.1 Å². The summed E-state index contributed by atoms with van der Waals surface area (Å²) >= 11 is 1.42. The summed E-state index contributed by atoms with van der Waals surface area (Å²) < 4.78 is 30.6. The van der Waals surface area contributed by atoms with Gasteiger partial charge < -0.3 is 9.47 Å². The predicted molar refractivity (Wildman–Crippen MR) is 128 cm³/mol. The van der Waals surface area contributed by atoms with Crippen molar-refractivity contribution in [2.75, 3.05) is 20.3 Å². The Balaban J connectivity index is 1.17. The number of ketones is 1. The van der Waals surface area contributed by atoms with Crippen LogP contribution >= 0.6 is 11.5 Å². The fourth-order valence-corrected chi connectivity index (χ4v) is 6.40. The monoisotopic (exact) mass is 468 g/mol. The molecule has 0 N–H and O–H groups in total. The minimum absolute atomic E-state index is 0.0107. The molecule has 2 aliphatic heterocycles. The number of methoxy groups -OCH3 is 1. The molecule has 5 rings (SSSR count). The molecule has 0 aliphatic carbocycles. The molecular formula is C26H29FN2O3S. The third-order valence-corrected chi connectivity index (χ3v) is 7.94. The lowest BCUT2D eigenvalue weighted by Gasteiger charge is -2.38. The van der Waals surface area contributed by atoms with E-state index in [1.807, 2.05) is 12.1 Å². The zero-order valence-electron chi connectivity index (χ0n) is 19.1. The number of carbonyl (C=O) groups is 1. The molecule has 7 heteroatoms. The number of fused-ring (bicyclic) bond motifs is 3. The van der Waals surface area contributed by atoms with Crippen LogP contribution in [0.1, 0.15) is 61.0 Å². The summed E-state index contributed by atoms with van der Waals surface area (Å²) in [6, 6.07) is 11.5. The van der Waals surface area contributed by atoms with Gasteiger partial charge in [0, 0.05) is 35.5 Å². The first-order valence-corrected chi connectivity index (χ1v) is 12.4. The Kier molecular flexibility index (Phi) is 6.34. The van der Waals surface area contributed by atoms with E-state index >= 15 is 0 Å². The number of aromatic nitrogens is 1. The average Bonchev–Trinajstić information content (AvgIpc) is 3.33. The summed E-state index contributed by atoms with van der Waals surface area (Å²) in [5.41, 5.74) is 1.78. The number of halogens is 1. The molecule has 33 heavy (non-hydrogen) atoms. The minimum Gasteiger partial charge on any atom is -0.493 e. The highest BCUT2D eigenvalue weighted by Gasteiger charge is 2.41. The van der Waals surface area contributed by atoms with Gasteiger partial charge in [-0.05, 0) is 87.0 Å². The second-order valence-electron chi connectivity index (χ2n) is 9.12. The second kappa shape index (κ2) is 9.39. The maximum atomic E-state index is 13.6. The van der Waals surface area contributed by atoms with Gasteiger partial charge >= 0.3 is 0 Å². The van der Waals surface area contributed by atoms with E-state index in [0.29, 0.717) is 41.7 Å². The normalized spacial score (nSPS) is 22.6. The van der Waals surface area contributed by atoms with Gasteiger partial charge in [0.15, 0.2) is 17.3 Å². The number of ether oxygens (including phenoxy) is 2. The van der Waals surface area contributed by atoms with Crippen LogP contribution in [-0.2, 0) is 0 Å². The summed E-state index contributed by atoms with van der Waals surface area (Å²) in [4.78, 5) is 14.2. The number of nitrogens with zero attached hydrogens (tertiary/aromatic N) is 2. The highest BCUT2D eigenvalue weighted by Crippen LogP contribution is 2.45. The lowest BCUT2D eigenvalue weighted by Crippen LogP contribution is -2.43. The van der Waals surface area contributed by atoms with Gasteiger partial charge in [0.05, 0.1) is 24.1 Å². The van der Waals surface area contributed by atoms with Gasteiger partial charge in [-0.1, -0.05) is 0 Å². The number of benzene rings is 2. The maximum Gasteiger partial charge on any atom is 0.161 e. The molecule has 174 valence electrons. The largest absolute Gasteiger partial charge is 0.493 e. The van der Waals surface area contributed by atoms with E-state index in [1.165, 1.54) is 24.4 Å². The molecule has 2 saturated heterocycles. The van der Waals surface area contributed by atoms with Crippen molar-refractivity contribution in [3.05, 3.63) is 53.5 Å². The van der Waals surface area contributed by atoms with Crippen molar-refractivity contribution in [2.45, 2.75) is 57.0 Å². The Morgan fingerprint density at radius 1 is 1.15 bits per heavy atom. The topological polar surface area (TPSA) is 51.7 Å². The first-order chi connectivity index (χ1) is 16.0. The van der Waals surface area contributed by atoms with Crippen LogP contribution in [0.15, 0.2) is 36.4 Å². The van der Waals surface area contributed by atoms with Gasteiger partial charge in [-0.2, -0.15) is 4.37 Å². The Morgan fingerprint density at radius 3 is 2.67 bits per heavy atom. The van der Waals surface area contributed by atoms with Crippen molar-refractivity contribution in [3.8, 4) is 11.5 Å². The van der Waals surface area contributed by atoms with E-state index in [2.05, 4.69) is 4.90 Å². The smallest absolute Gasteiger partial charge is 0.161 e. The van der Waals surface area contributed by atoms with E-state index < -0.39 is 0 Å². The van der Waals surface area contributed by atoms with Gasteiger partial charge in [-0.25, -0.2) is 4.39 Å². The zero-order chi connectivity index (χ0) is 22.9.